The van der Waals surface area contributed by atoms with E-state index in [0.29, 0.717) is 5.69 Å². The van der Waals surface area contributed by atoms with Gasteiger partial charge in [-0.2, -0.15) is 0 Å². The second-order valence-corrected chi connectivity index (χ2v) is 6.54. The van der Waals surface area contributed by atoms with Crippen molar-refractivity contribution < 1.29 is 13.5 Å². The number of anilines is 1. The Balaban J connectivity index is 2.30. The van der Waals surface area contributed by atoms with Gasteiger partial charge in [0.25, 0.3) is 10.0 Å². The first kappa shape index (κ1) is 13.2. The molecule has 0 heterocycles. The van der Waals surface area contributed by atoms with Crippen LogP contribution in [0.4, 0.5) is 5.69 Å². The number of aromatic hydroxyl groups is 1. The maximum atomic E-state index is 12.0. The molecular weight excluding hydrogens is 365 g/mol. The first-order valence-electron chi connectivity index (χ1n) is 5.05. The van der Waals surface area contributed by atoms with E-state index in [-0.39, 0.29) is 10.6 Å². The van der Waals surface area contributed by atoms with Crippen molar-refractivity contribution in [3.05, 3.63) is 52.1 Å². The van der Waals surface area contributed by atoms with Gasteiger partial charge < -0.3 is 5.11 Å². The Morgan fingerprint density at radius 2 is 1.72 bits per heavy atom. The lowest BCUT2D eigenvalue weighted by Crippen LogP contribution is -2.12. The standard InChI is InChI=1S/C12H10INO3S/c13-9-4-6-10(7-5-9)14-18(16,17)12-3-1-2-11(15)8-12/h1-8,14-15H. The lowest BCUT2D eigenvalue weighted by molar-refractivity contribution is 0.473. The van der Waals surface area contributed by atoms with Gasteiger partial charge >= 0.3 is 0 Å². The van der Waals surface area contributed by atoms with E-state index < -0.39 is 10.0 Å². The number of phenols is 1. The van der Waals surface area contributed by atoms with Crippen LogP contribution in [0.25, 0.3) is 0 Å². The first-order chi connectivity index (χ1) is 8.47. The summed E-state index contributed by atoms with van der Waals surface area (Å²) in [5.74, 6) is -0.0829. The summed E-state index contributed by atoms with van der Waals surface area (Å²) in [5, 5.41) is 9.29. The number of benzene rings is 2. The molecule has 0 amide bonds. The van der Waals surface area contributed by atoms with Crippen LogP contribution in [0.2, 0.25) is 0 Å². The lowest BCUT2D eigenvalue weighted by atomic mass is 10.3. The second-order valence-electron chi connectivity index (χ2n) is 3.61. The van der Waals surface area contributed by atoms with E-state index in [1.165, 1.54) is 24.3 Å². The first-order valence-corrected chi connectivity index (χ1v) is 7.61. The third kappa shape index (κ3) is 3.14. The average molecular weight is 375 g/mol. The Morgan fingerprint density at radius 1 is 1.06 bits per heavy atom. The van der Waals surface area contributed by atoms with E-state index in [1.807, 2.05) is 0 Å². The Hall–Kier alpha value is -1.28. The zero-order chi connectivity index (χ0) is 13.2. The molecule has 0 bridgehead atoms. The van der Waals surface area contributed by atoms with Crippen LogP contribution in [0.1, 0.15) is 0 Å². The molecule has 2 aromatic rings. The summed E-state index contributed by atoms with van der Waals surface area (Å²) in [4.78, 5) is 0.0288. The second kappa shape index (κ2) is 5.15. The molecule has 0 atom stereocenters. The van der Waals surface area contributed by atoms with Gasteiger partial charge in [-0.3, -0.25) is 4.72 Å². The van der Waals surface area contributed by atoms with Crippen LogP contribution in [0.15, 0.2) is 53.4 Å². The average Bonchev–Trinajstić information content (AvgIpc) is 2.32. The molecule has 0 spiro atoms. The van der Waals surface area contributed by atoms with E-state index >= 15 is 0 Å². The molecular formula is C12H10INO3S. The van der Waals surface area contributed by atoms with E-state index in [1.54, 1.807) is 24.3 Å². The summed E-state index contributed by atoms with van der Waals surface area (Å²) in [7, 11) is -3.66. The van der Waals surface area contributed by atoms with E-state index in [9.17, 15) is 13.5 Å². The highest BCUT2D eigenvalue weighted by Crippen LogP contribution is 2.20. The summed E-state index contributed by atoms with van der Waals surface area (Å²) < 4.78 is 27.5. The van der Waals surface area contributed by atoms with Crippen molar-refractivity contribution in [3.8, 4) is 5.75 Å². The van der Waals surface area contributed by atoms with Gasteiger partial charge in [-0.25, -0.2) is 8.42 Å². The quantitative estimate of drug-likeness (QED) is 0.811. The van der Waals surface area contributed by atoms with Crippen LogP contribution in [-0.2, 0) is 10.0 Å². The normalized spacial score (nSPS) is 11.2. The van der Waals surface area contributed by atoms with Crippen molar-refractivity contribution >= 4 is 38.3 Å². The van der Waals surface area contributed by atoms with Gasteiger partial charge in [-0.15, -0.1) is 0 Å². The van der Waals surface area contributed by atoms with Crippen molar-refractivity contribution in [2.24, 2.45) is 0 Å². The molecule has 18 heavy (non-hydrogen) atoms. The number of nitrogens with one attached hydrogen (secondary N) is 1. The van der Waals surface area contributed by atoms with Crippen molar-refractivity contribution in [3.63, 3.8) is 0 Å². The van der Waals surface area contributed by atoms with Gasteiger partial charge in [0.2, 0.25) is 0 Å². The van der Waals surface area contributed by atoms with E-state index in [0.717, 1.165) is 3.57 Å². The molecule has 0 unspecified atom stereocenters. The highest BCUT2D eigenvalue weighted by Gasteiger charge is 2.14. The molecule has 2 aromatic carbocycles. The van der Waals surface area contributed by atoms with Gasteiger partial charge in [0.15, 0.2) is 0 Å². The number of rotatable bonds is 3. The maximum absolute atomic E-state index is 12.0. The maximum Gasteiger partial charge on any atom is 0.262 e. The Morgan fingerprint density at radius 3 is 2.33 bits per heavy atom. The van der Waals surface area contributed by atoms with Gasteiger partial charge in [0.1, 0.15) is 5.75 Å². The lowest BCUT2D eigenvalue weighted by Gasteiger charge is -2.08. The van der Waals surface area contributed by atoms with Gasteiger partial charge in [0.05, 0.1) is 4.90 Å². The van der Waals surface area contributed by atoms with Crippen molar-refractivity contribution in [2.45, 2.75) is 4.90 Å². The highest BCUT2D eigenvalue weighted by molar-refractivity contribution is 14.1. The van der Waals surface area contributed by atoms with Gasteiger partial charge in [-0.1, -0.05) is 6.07 Å². The van der Waals surface area contributed by atoms with Gasteiger partial charge in [0, 0.05) is 15.3 Å². The number of hydrogen-bond donors (Lipinski definition) is 2. The fraction of sp³-hybridized carbons (Fsp3) is 0. The van der Waals surface area contributed by atoms with Crippen LogP contribution < -0.4 is 4.72 Å². The number of phenolic OH excluding ortho intramolecular Hbond substituents is 1. The summed E-state index contributed by atoms with van der Waals surface area (Å²) >= 11 is 2.14. The SMILES string of the molecule is O=S(=O)(Nc1ccc(I)cc1)c1cccc(O)c1. The summed E-state index contributed by atoms with van der Waals surface area (Å²) in [5.41, 5.74) is 0.485. The minimum atomic E-state index is -3.66. The van der Waals surface area contributed by atoms with Crippen LogP contribution in [0.5, 0.6) is 5.75 Å². The molecule has 4 nitrogen and oxygen atoms in total. The summed E-state index contributed by atoms with van der Waals surface area (Å²) in [6.45, 7) is 0. The van der Waals surface area contributed by atoms with Crippen LogP contribution in [0.3, 0.4) is 0 Å². The fourth-order valence-corrected chi connectivity index (χ4v) is 2.84. The van der Waals surface area contributed by atoms with E-state index in [2.05, 4.69) is 27.3 Å². The highest BCUT2D eigenvalue weighted by atomic mass is 127. The zero-order valence-electron chi connectivity index (χ0n) is 9.17. The van der Waals surface area contributed by atoms with Gasteiger partial charge in [-0.05, 0) is 59.0 Å². The molecule has 0 aromatic heterocycles. The van der Waals surface area contributed by atoms with E-state index in [4.69, 9.17) is 0 Å². The molecule has 0 saturated heterocycles. The molecule has 0 aliphatic carbocycles. The summed E-state index contributed by atoms with van der Waals surface area (Å²) in [6, 6.07) is 12.5. The molecule has 0 radical (unpaired) electrons. The largest absolute Gasteiger partial charge is 0.508 e. The minimum Gasteiger partial charge on any atom is -0.508 e. The van der Waals surface area contributed by atoms with Crippen LogP contribution in [-0.4, -0.2) is 13.5 Å². The predicted octanol–water partition coefficient (Wildman–Crippen LogP) is 2.80. The molecule has 94 valence electrons. The Labute approximate surface area is 119 Å². The predicted molar refractivity (Wildman–Crippen MR) is 78.1 cm³/mol. The Bertz CT molecular complexity index is 653. The van der Waals surface area contributed by atoms with Crippen LogP contribution in [0, 0.1) is 3.57 Å². The Kier molecular flexibility index (Phi) is 3.76. The molecule has 6 heteroatoms. The minimum absolute atomic E-state index is 0.0288. The molecule has 2 rings (SSSR count). The van der Waals surface area contributed by atoms with Crippen molar-refractivity contribution in [1.82, 2.24) is 0 Å². The van der Waals surface area contributed by atoms with Crippen molar-refractivity contribution in [2.75, 3.05) is 4.72 Å². The molecule has 0 aliphatic heterocycles. The summed E-state index contributed by atoms with van der Waals surface area (Å²) in [6.07, 6.45) is 0. The molecule has 0 aliphatic rings. The van der Waals surface area contributed by atoms with Crippen molar-refractivity contribution in [1.29, 1.82) is 0 Å². The smallest absolute Gasteiger partial charge is 0.262 e. The number of hydrogen-bond acceptors (Lipinski definition) is 3. The third-order valence-corrected chi connectivity index (χ3v) is 4.32. The zero-order valence-corrected chi connectivity index (χ0v) is 12.1. The topological polar surface area (TPSA) is 66.4 Å². The number of sulfonamides is 1. The molecule has 0 fully saturated rings. The fourth-order valence-electron chi connectivity index (χ4n) is 1.38. The molecule has 0 saturated carbocycles. The number of halogens is 1. The van der Waals surface area contributed by atoms with Crippen LogP contribution >= 0.6 is 22.6 Å². The monoisotopic (exact) mass is 375 g/mol. The molecule has 2 N–H and O–H groups in total. The third-order valence-electron chi connectivity index (χ3n) is 2.22.